The maximum absolute atomic E-state index is 11.0. The van der Waals surface area contributed by atoms with Gasteiger partial charge in [0.25, 0.3) is 0 Å². The summed E-state index contributed by atoms with van der Waals surface area (Å²) in [6, 6.07) is 3.41. The van der Waals surface area contributed by atoms with Crippen molar-refractivity contribution in [1.29, 1.82) is 0 Å². The fourth-order valence-electron chi connectivity index (χ4n) is 2.25. The second-order valence-corrected chi connectivity index (χ2v) is 6.06. The van der Waals surface area contributed by atoms with E-state index in [2.05, 4.69) is 5.16 Å². The number of primary amides is 1. The smallest absolute Gasteiger partial charge is 0.249 e. The maximum Gasteiger partial charge on any atom is 0.249 e. The van der Waals surface area contributed by atoms with Gasteiger partial charge in [0.2, 0.25) is 5.91 Å². The molecule has 0 fully saturated rings. The zero-order valence-electron chi connectivity index (χ0n) is 13.7. The quantitative estimate of drug-likeness (QED) is 0.126. The molecule has 0 aliphatic carbocycles. The summed E-state index contributed by atoms with van der Waals surface area (Å²) >= 11 is 12.2. The van der Waals surface area contributed by atoms with Gasteiger partial charge in [-0.2, -0.15) is 0 Å². The zero-order valence-corrected chi connectivity index (χ0v) is 18.3. The Kier molecular flexibility index (Phi) is 11.6. The van der Waals surface area contributed by atoms with Crippen LogP contribution < -0.4 is 48.8 Å². The van der Waals surface area contributed by atoms with Gasteiger partial charge >= 0.3 is 0 Å². The van der Waals surface area contributed by atoms with Crippen molar-refractivity contribution >= 4 is 35.3 Å². The number of oxime groups is 1. The van der Waals surface area contributed by atoms with Crippen LogP contribution in [0.4, 0.5) is 0 Å². The van der Waals surface area contributed by atoms with E-state index < -0.39 is 5.91 Å². The van der Waals surface area contributed by atoms with Crippen LogP contribution in [0.2, 0.25) is 10.0 Å². The molecule has 26 heavy (non-hydrogen) atoms. The average Bonchev–Trinajstić information content (AvgIpc) is 2.55. The van der Waals surface area contributed by atoms with E-state index in [0.717, 1.165) is 25.9 Å². The summed E-state index contributed by atoms with van der Waals surface area (Å²) in [4.78, 5) is 11.0. The highest BCUT2D eigenvalue weighted by molar-refractivity contribution is 6.38. The van der Waals surface area contributed by atoms with Crippen LogP contribution >= 0.6 is 23.2 Å². The third-order valence-corrected chi connectivity index (χ3v) is 4.12. The summed E-state index contributed by atoms with van der Waals surface area (Å²) in [5.74, 6) is -0.429. The van der Waals surface area contributed by atoms with Crippen LogP contribution in [-0.2, 0) is 13.1 Å². The number of carbonyl (C=O) groups is 1. The number of carbonyl (C=O) groups excluding carboxylic acids is 1. The van der Waals surface area contributed by atoms with Gasteiger partial charge in [0.15, 0.2) is 24.8 Å². The summed E-state index contributed by atoms with van der Waals surface area (Å²) in [6.45, 7) is 1.59. The van der Waals surface area contributed by atoms with Crippen LogP contribution in [0.25, 0.3) is 0 Å². The molecular weight excluding hydrogens is 511 g/mol. The van der Waals surface area contributed by atoms with Gasteiger partial charge in [-0.15, -0.1) is 0 Å². The number of halogens is 4. The van der Waals surface area contributed by atoms with Crippen LogP contribution in [0.3, 0.4) is 0 Å². The Morgan fingerprint density at radius 2 is 1.58 bits per heavy atom. The molecule has 0 unspecified atom stereocenters. The fourth-order valence-corrected chi connectivity index (χ4v) is 2.85. The maximum atomic E-state index is 11.0. The molecular formula is C16H18Br2Cl2N4O2. The monoisotopic (exact) mass is 526 g/mol. The van der Waals surface area contributed by atoms with Gasteiger partial charge in [-0.1, -0.05) is 28.4 Å². The minimum Gasteiger partial charge on any atom is -1.00 e. The van der Waals surface area contributed by atoms with Crippen molar-refractivity contribution in [2.24, 2.45) is 10.9 Å². The fraction of sp³-hybridized carbons (Fsp3) is 0.250. The Hall–Kier alpha value is -1.22. The molecule has 2 aromatic heterocycles. The molecule has 6 nitrogen and oxygen atoms in total. The summed E-state index contributed by atoms with van der Waals surface area (Å²) in [5, 5.41) is 12.4. The molecule has 0 aliphatic rings. The number of pyridine rings is 2. The van der Waals surface area contributed by atoms with E-state index in [1.165, 1.54) is 6.21 Å². The summed E-state index contributed by atoms with van der Waals surface area (Å²) in [7, 11) is 0. The van der Waals surface area contributed by atoms with Gasteiger partial charge in [0.1, 0.15) is 23.1 Å². The molecule has 0 radical (unpaired) electrons. The molecule has 0 bridgehead atoms. The molecule has 0 aromatic carbocycles. The Bertz CT molecular complexity index is 735. The predicted octanol–water partition coefficient (Wildman–Crippen LogP) is -4.04. The van der Waals surface area contributed by atoms with Crippen molar-refractivity contribution < 1.29 is 53.1 Å². The van der Waals surface area contributed by atoms with Crippen LogP contribution in [0.1, 0.15) is 28.8 Å². The van der Waals surface area contributed by atoms with E-state index in [1.807, 2.05) is 21.5 Å². The molecule has 0 saturated heterocycles. The van der Waals surface area contributed by atoms with Crippen LogP contribution in [0.5, 0.6) is 0 Å². The number of rotatable bonds is 7. The number of aromatic nitrogens is 2. The van der Waals surface area contributed by atoms with Gasteiger partial charge in [0.05, 0.1) is 11.8 Å². The second kappa shape index (κ2) is 12.2. The summed E-state index contributed by atoms with van der Waals surface area (Å²) in [5.41, 5.74) is 6.20. The number of hydrogen-bond donors (Lipinski definition) is 2. The number of unbranched alkanes of at least 4 members (excludes halogenated alkanes) is 1. The topological polar surface area (TPSA) is 83.4 Å². The van der Waals surface area contributed by atoms with Gasteiger partial charge in [0, 0.05) is 30.5 Å². The third kappa shape index (κ3) is 7.19. The van der Waals surface area contributed by atoms with Crippen molar-refractivity contribution in [1.82, 2.24) is 0 Å². The van der Waals surface area contributed by atoms with Gasteiger partial charge in [-0.25, -0.2) is 9.13 Å². The Balaban J connectivity index is 0.00000312. The summed E-state index contributed by atoms with van der Waals surface area (Å²) in [6.07, 6.45) is 10.3. The molecule has 0 saturated carbocycles. The molecule has 0 aliphatic heterocycles. The molecule has 0 atom stereocenters. The highest BCUT2D eigenvalue weighted by atomic mass is 79.9. The van der Waals surface area contributed by atoms with Crippen LogP contribution in [0, 0.1) is 0 Å². The third-order valence-electron chi connectivity index (χ3n) is 3.52. The van der Waals surface area contributed by atoms with Crippen LogP contribution in [0.15, 0.2) is 42.1 Å². The minimum atomic E-state index is -0.429. The van der Waals surface area contributed by atoms with E-state index in [4.69, 9.17) is 34.1 Å². The summed E-state index contributed by atoms with van der Waals surface area (Å²) < 4.78 is 3.90. The molecule has 3 N–H and O–H groups in total. The molecule has 2 heterocycles. The van der Waals surface area contributed by atoms with Gasteiger partial charge < -0.3 is 44.9 Å². The van der Waals surface area contributed by atoms with E-state index >= 15 is 0 Å². The lowest BCUT2D eigenvalue weighted by Crippen LogP contribution is -3.00. The highest BCUT2D eigenvalue weighted by Gasteiger charge is 2.13. The van der Waals surface area contributed by atoms with Gasteiger partial charge in [-0.05, 0) is 0 Å². The van der Waals surface area contributed by atoms with E-state index in [9.17, 15) is 4.79 Å². The molecule has 2 rings (SSSR count). The first-order chi connectivity index (χ1) is 11.5. The standard InChI is InChI=1S/C16H16Cl2N4O2.2BrH/c17-14-10-22(11-15(18)13(14)9-20-24)6-2-1-5-21-7-3-12(4-8-21)16(19)23;;/h3-4,7-11H,1-2,5-6H2,(H-,19,23);2*1H. The van der Waals surface area contributed by atoms with E-state index in [1.54, 1.807) is 24.5 Å². The zero-order chi connectivity index (χ0) is 17.5. The van der Waals surface area contributed by atoms with E-state index in [-0.39, 0.29) is 34.0 Å². The first-order valence-corrected chi connectivity index (χ1v) is 8.11. The average molecular weight is 529 g/mol. The van der Waals surface area contributed by atoms with Gasteiger partial charge in [-0.3, -0.25) is 4.79 Å². The normalized spacial score (nSPS) is 10.2. The molecule has 2 aromatic rings. The van der Waals surface area contributed by atoms with Crippen molar-refractivity contribution in [3.63, 3.8) is 0 Å². The first kappa shape index (κ1) is 24.8. The number of nitrogens with two attached hydrogens (primary N) is 1. The van der Waals surface area contributed by atoms with Crippen molar-refractivity contribution in [2.45, 2.75) is 25.9 Å². The van der Waals surface area contributed by atoms with Crippen LogP contribution in [-0.4, -0.2) is 17.3 Å². The van der Waals surface area contributed by atoms with Crippen molar-refractivity contribution in [3.05, 3.63) is 58.1 Å². The lowest BCUT2D eigenvalue weighted by molar-refractivity contribution is -0.708. The number of aryl methyl sites for hydroxylation is 2. The predicted molar refractivity (Wildman–Crippen MR) is 90.4 cm³/mol. The highest BCUT2D eigenvalue weighted by Crippen LogP contribution is 2.20. The largest absolute Gasteiger partial charge is 1.00 e. The molecule has 142 valence electrons. The first-order valence-electron chi connectivity index (χ1n) is 7.35. The lowest BCUT2D eigenvalue weighted by atomic mass is 10.2. The second-order valence-electron chi connectivity index (χ2n) is 5.25. The Morgan fingerprint density at radius 3 is 2.04 bits per heavy atom. The molecule has 0 spiro atoms. The molecule has 1 amide bonds. The minimum absolute atomic E-state index is 0. The van der Waals surface area contributed by atoms with Crippen molar-refractivity contribution in [3.8, 4) is 0 Å². The SMILES string of the molecule is NC(=O)c1cc[n+](CCCC[n+]2cc(Cl)c(C=NO)c(Cl)c2)cc1.[Br-].[Br-]. The number of amides is 1. The Labute approximate surface area is 182 Å². The Morgan fingerprint density at radius 1 is 1.08 bits per heavy atom. The van der Waals surface area contributed by atoms with E-state index in [0.29, 0.717) is 21.2 Å². The number of hydrogen-bond acceptors (Lipinski definition) is 3. The lowest BCUT2D eigenvalue weighted by Gasteiger charge is -2.02. The molecule has 10 heteroatoms. The number of nitrogens with zero attached hydrogens (tertiary/aromatic N) is 3. The van der Waals surface area contributed by atoms with Crippen molar-refractivity contribution in [2.75, 3.05) is 0 Å².